The summed E-state index contributed by atoms with van der Waals surface area (Å²) in [7, 11) is 0. The molecular weight excluding hydrogens is 336 g/mol. The van der Waals surface area contributed by atoms with Crippen LogP contribution in [0.1, 0.15) is 39.2 Å². The van der Waals surface area contributed by atoms with Gasteiger partial charge in [-0.05, 0) is 39.2 Å². The molecule has 1 fully saturated rings. The molecule has 7 nitrogen and oxygen atoms in total. The van der Waals surface area contributed by atoms with Gasteiger partial charge in [0.1, 0.15) is 24.8 Å². The number of benzene rings is 1. The van der Waals surface area contributed by atoms with E-state index in [-0.39, 0.29) is 19.1 Å². The molecule has 0 bridgehead atoms. The maximum absolute atomic E-state index is 12.4. The van der Waals surface area contributed by atoms with Crippen LogP contribution in [0.2, 0.25) is 0 Å². The summed E-state index contributed by atoms with van der Waals surface area (Å²) < 4.78 is 10.4. The van der Waals surface area contributed by atoms with Gasteiger partial charge in [0.25, 0.3) is 0 Å². The Bertz CT molecular complexity index is 639. The second kappa shape index (κ2) is 8.69. The number of hydrogen-bond donors (Lipinski definition) is 1. The number of ether oxygens (including phenoxy) is 2. The monoisotopic (exact) mass is 362 g/mol. The predicted octanol–water partition coefficient (Wildman–Crippen LogP) is 2.25. The van der Waals surface area contributed by atoms with E-state index in [1.807, 2.05) is 30.3 Å². The minimum Gasteiger partial charge on any atom is -0.459 e. The number of carbonyl (C=O) groups is 3. The minimum atomic E-state index is -0.659. The van der Waals surface area contributed by atoms with Crippen molar-refractivity contribution in [2.24, 2.45) is 0 Å². The van der Waals surface area contributed by atoms with Gasteiger partial charge in [0.2, 0.25) is 5.91 Å². The zero-order valence-electron chi connectivity index (χ0n) is 15.5. The Morgan fingerprint density at radius 1 is 1.19 bits per heavy atom. The Kier molecular flexibility index (Phi) is 6.60. The maximum Gasteiger partial charge on any atom is 0.408 e. The molecule has 7 heteroatoms. The first-order valence-electron chi connectivity index (χ1n) is 8.73. The lowest BCUT2D eigenvalue weighted by molar-refractivity contribution is -0.154. The lowest BCUT2D eigenvalue weighted by atomic mass is 10.2. The highest BCUT2D eigenvalue weighted by Crippen LogP contribution is 2.19. The number of rotatable bonds is 5. The van der Waals surface area contributed by atoms with Gasteiger partial charge < -0.3 is 19.7 Å². The Balaban J connectivity index is 1.83. The van der Waals surface area contributed by atoms with Crippen molar-refractivity contribution in [1.82, 2.24) is 10.2 Å². The molecule has 2 amide bonds. The summed E-state index contributed by atoms with van der Waals surface area (Å²) in [6, 6.07) is 8.77. The molecule has 0 radical (unpaired) electrons. The fourth-order valence-corrected chi connectivity index (χ4v) is 2.70. The van der Waals surface area contributed by atoms with Gasteiger partial charge in [-0.2, -0.15) is 0 Å². The quantitative estimate of drug-likeness (QED) is 0.812. The third-order valence-corrected chi connectivity index (χ3v) is 3.85. The maximum atomic E-state index is 12.4. The third-order valence-electron chi connectivity index (χ3n) is 3.85. The predicted molar refractivity (Wildman–Crippen MR) is 95.2 cm³/mol. The minimum absolute atomic E-state index is 0.175. The van der Waals surface area contributed by atoms with Crippen LogP contribution >= 0.6 is 0 Å². The molecule has 0 aromatic heterocycles. The third kappa shape index (κ3) is 6.06. The molecule has 1 saturated heterocycles. The second-order valence-corrected chi connectivity index (χ2v) is 7.19. The zero-order valence-corrected chi connectivity index (χ0v) is 15.5. The molecule has 0 unspecified atom stereocenters. The number of amides is 2. The van der Waals surface area contributed by atoms with Crippen molar-refractivity contribution in [3.05, 3.63) is 35.9 Å². The number of likely N-dealkylation sites (tertiary alicyclic amines) is 1. The summed E-state index contributed by atoms with van der Waals surface area (Å²) in [5, 5.41) is 2.43. The van der Waals surface area contributed by atoms with E-state index in [2.05, 4.69) is 5.32 Å². The van der Waals surface area contributed by atoms with Crippen LogP contribution in [0.25, 0.3) is 0 Å². The van der Waals surface area contributed by atoms with Gasteiger partial charge in [-0.3, -0.25) is 4.79 Å². The molecule has 1 aromatic rings. The van der Waals surface area contributed by atoms with Crippen molar-refractivity contribution < 1.29 is 23.9 Å². The fourth-order valence-electron chi connectivity index (χ4n) is 2.70. The molecular formula is C19H26N2O5. The summed E-state index contributed by atoms with van der Waals surface area (Å²) in [6.07, 6.45) is 0.628. The number of hydrogen-bond acceptors (Lipinski definition) is 5. The smallest absolute Gasteiger partial charge is 0.408 e. The number of nitrogens with one attached hydrogen (secondary N) is 1. The van der Waals surface area contributed by atoms with Gasteiger partial charge >= 0.3 is 12.1 Å². The van der Waals surface area contributed by atoms with Crippen molar-refractivity contribution >= 4 is 18.0 Å². The number of nitrogens with zero attached hydrogens (tertiary/aromatic N) is 1. The first-order chi connectivity index (χ1) is 12.3. The highest BCUT2D eigenvalue weighted by molar-refractivity contribution is 5.87. The van der Waals surface area contributed by atoms with Gasteiger partial charge in [0.05, 0.1) is 0 Å². The van der Waals surface area contributed by atoms with E-state index in [4.69, 9.17) is 9.47 Å². The average Bonchev–Trinajstić information content (AvgIpc) is 3.07. The van der Waals surface area contributed by atoms with Gasteiger partial charge in [0, 0.05) is 6.54 Å². The molecule has 0 spiro atoms. The topological polar surface area (TPSA) is 84.9 Å². The average molecular weight is 362 g/mol. The molecule has 1 N–H and O–H groups in total. The Morgan fingerprint density at radius 3 is 2.54 bits per heavy atom. The van der Waals surface area contributed by atoms with E-state index in [1.165, 1.54) is 4.90 Å². The normalized spacial score (nSPS) is 16.9. The molecule has 2 rings (SSSR count). The Morgan fingerprint density at radius 2 is 1.88 bits per heavy atom. The summed E-state index contributed by atoms with van der Waals surface area (Å²) in [5.41, 5.74) is 0.258. The summed E-state index contributed by atoms with van der Waals surface area (Å²) in [4.78, 5) is 37.8. The highest BCUT2D eigenvalue weighted by Gasteiger charge is 2.35. The van der Waals surface area contributed by atoms with E-state index < -0.39 is 23.7 Å². The van der Waals surface area contributed by atoms with Crippen LogP contribution < -0.4 is 5.32 Å². The molecule has 26 heavy (non-hydrogen) atoms. The molecule has 0 saturated carbocycles. The van der Waals surface area contributed by atoms with Crippen LogP contribution in [0.3, 0.4) is 0 Å². The fraction of sp³-hybridized carbons (Fsp3) is 0.526. The summed E-state index contributed by atoms with van der Waals surface area (Å²) in [5.74, 6) is -0.744. The van der Waals surface area contributed by atoms with E-state index in [0.29, 0.717) is 13.0 Å². The van der Waals surface area contributed by atoms with Crippen molar-refractivity contribution in [2.45, 2.75) is 51.9 Å². The Hall–Kier alpha value is -2.57. The zero-order chi connectivity index (χ0) is 19.2. The first-order valence-corrected chi connectivity index (χ1v) is 8.73. The van der Waals surface area contributed by atoms with E-state index in [1.54, 1.807) is 20.8 Å². The van der Waals surface area contributed by atoms with Crippen molar-refractivity contribution in [2.75, 3.05) is 13.1 Å². The molecule has 1 aliphatic rings. The highest BCUT2D eigenvalue weighted by atomic mass is 16.6. The van der Waals surface area contributed by atoms with E-state index in [9.17, 15) is 14.4 Å². The molecule has 0 aliphatic carbocycles. The van der Waals surface area contributed by atoms with Gasteiger partial charge in [-0.1, -0.05) is 30.3 Å². The van der Waals surface area contributed by atoms with Crippen molar-refractivity contribution in [1.29, 1.82) is 0 Å². The largest absolute Gasteiger partial charge is 0.459 e. The van der Waals surface area contributed by atoms with Crippen molar-refractivity contribution in [3.8, 4) is 0 Å². The van der Waals surface area contributed by atoms with E-state index >= 15 is 0 Å². The first kappa shape index (κ1) is 19.8. The van der Waals surface area contributed by atoms with Crippen LogP contribution in [-0.4, -0.2) is 47.6 Å². The van der Waals surface area contributed by atoms with Crippen LogP contribution in [0.5, 0.6) is 0 Å². The lowest BCUT2D eigenvalue weighted by Gasteiger charge is -2.24. The molecule has 1 heterocycles. The van der Waals surface area contributed by atoms with Crippen LogP contribution in [-0.2, 0) is 25.7 Å². The van der Waals surface area contributed by atoms with Crippen LogP contribution in [0.15, 0.2) is 30.3 Å². The molecule has 1 aliphatic heterocycles. The van der Waals surface area contributed by atoms with E-state index in [0.717, 1.165) is 12.0 Å². The number of alkyl carbamates (subject to hydrolysis) is 1. The summed E-state index contributed by atoms with van der Waals surface area (Å²) in [6.45, 7) is 5.67. The Labute approximate surface area is 153 Å². The van der Waals surface area contributed by atoms with Gasteiger partial charge in [0.15, 0.2) is 0 Å². The lowest BCUT2D eigenvalue weighted by Crippen LogP contribution is -2.46. The van der Waals surface area contributed by atoms with Crippen molar-refractivity contribution in [3.63, 3.8) is 0 Å². The SMILES string of the molecule is CC(C)(C)OC(=O)NCC(=O)N1CCC[C@@H]1C(=O)OCc1ccccc1. The molecule has 142 valence electrons. The molecule has 1 atom stereocenters. The number of carbonyl (C=O) groups excluding carboxylic acids is 3. The second-order valence-electron chi connectivity index (χ2n) is 7.19. The van der Waals surface area contributed by atoms with Crippen LogP contribution in [0.4, 0.5) is 4.79 Å². The van der Waals surface area contributed by atoms with Gasteiger partial charge in [-0.15, -0.1) is 0 Å². The van der Waals surface area contributed by atoms with Crippen LogP contribution in [0, 0.1) is 0 Å². The summed E-state index contributed by atoms with van der Waals surface area (Å²) >= 11 is 0. The van der Waals surface area contributed by atoms with Gasteiger partial charge in [-0.25, -0.2) is 9.59 Å². The number of esters is 1. The standard InChI is InChI=1S/C19H26N2O5/c1-19(2,3)26-18(24)20-12-16(22)21-11-7-10-15(21)17(23)25-13-14-8-5-4-6-9-14/h4-6,8-9,15H,7,10-13H2,1-3H3,(H,20,24)/t15-/m1/s1. The molecule has 1 aromatic carbocycles.